The van der Waals surface area contributed by atoms with Crippen LogP contribution in [0.1, 0.15) is 36.5 Å². The van der Waals surface area contributed by atoms with Gasteiger partial charge in [-0.1, -0.05) is 268 Å². The van der Waals surface area contributed by atoms with Crippen molar-refractivity contribution in [3.05, 3.63) is 215 Å². The molecular weight excluding hydrogens is 1140 g/mol. The summed E-state index contributed by atoms with van der Waals surface area (Å²) in [5, 5.41) is 27.8. The summed E-state index contributed by atoms with van der Waals surface area (Å²) in [6, 6.07) is 69.3. The van der Waals surface area contributed by atoms with E-state index in [2.05, 4.69) is 247 Å². The second-order valence-corrected chi connectivity index (χ2v) is 37.7. The first-order valence-corrected chi connectivity index (χ1v) is 37.3. The van der Waals surface area contributed by atoms with Gasteiger partial charge in [-0.25, -0.2) is 0 Å². The van der Waals surface area contributed by atoms with Crippen molar-refractivity contribution in [3.63, 3.8) is 0 Å². The Kier molecular flexibility index (Phi) is 17.9. The lowest BCUT2D eigenvalue weighted by molar-refractivity contribution is 0.00578. The van der Waals surface area contributed by atoms with Gasteiger partial charge in [-0.2, -0.15) is 0 Å². The molecule has 0 spiro atoms. The molecule has 9 aromatic carbocycles. The highest BCUT2D eigenvalue weighted by molar-refractivity contribution is 9.10. The summed E-state index contributed by atoms with van der Waals surface area (Å²) < 4.78 is 14.2. The number of benzene rings is 9. The average molecular weight is 1210 g/mol. The monoisotopic (exact) mass is 1210 g/mol. The summed E-state index contributed by atoms with van der Waals surface area (Å²) in [7, 11) is -6.89. The smallest absolute Gasteiger partial charge is 0.423 e. The quantitative estimate of drug-likeness (QED) is 0.172. The van der Waals surface area contributed by atoms with Crippen LogP contribution in [0, 0.1) is 0 Å². The summed E-state index contributed by atoms with van der Waals surface area (Å²) in [5.74, 6) is 0. The molecule has 3 radical (unpaired) electrons. The molecule has 13 heteroatoms. The van der Waals surface area contributed by atoms with Crippen LogP contribution in [0.4, 0.5) is 0 Å². The SMILES string of the molecule is C.CC1(C)OB(c2ccc(-c3ccccc3)c3c2-c2ccccc2[Si]3(C)C)OC1(C)C.C[Si]1(C)c2ccccc2-c2c(Cl)ccc(-c3ccccc3)c21.C[Si]1(C)c2ccccc2-c2c(Cl)ccc(Br)c21.OB(O)c1ccccc1.[2HH].[B]. The van der Waals surface area contributed by atoms with E-state index in [0.717, 1.165) is 15.5 Å². The topological polar surface area (TPSA) is 58.9 Å². The van der Waals surface area contributed by atoms with Crippen LogP contribution in [0.25, 0.3) is 55.6 Å². The number of rotatable bonds is 4. The van der Waals surface area contributed by atoms with Crippen LogP contribution in [0.3, 0.4) is 0 Å². The van der Waals surface area contributed by atoms with Crippen molar-refractivity contribution in [2.24, 2.45) is 0 Å². The predicted molar refractivity (Wildman–Crippen MR) is 361 cm³/mol. The lowest BCUT2D eigenvalue weighted by Crippen LogP contribution is -2.51. The lowest BCUT2D eigenvalue weighted by Gasteiger charge is -2.32. The Morgan fingerprint density at radius 2 is 0.775 bits per heavy atom. The molecule has 9 aromatic rings. The Morgan fingerprint density at radius 3 is 1.20 bits per heavy atom. The fourth-order valence-electron chi connectivity index (χ4n) is 12.1. The van der Waals surface area contributed by atoms with Crippen molar-refractivity contribution in [2.75, 3.05) is 0 Å². The van der Waals surface area contributed by atoms with E-state index in [-0.39, 0.29) is 35.6 Å². The molecule has 0 saturated carbocycles. The van der Waals surface area contributed by atoms with E-state index in [1.54, 1.807) is 24.3 Å². The Hall–Kier alpha value is -5.27. The van der Waals surface area contributed by atoms with Gasteiger partial charge >= 0.3 is 14.2 Å². The minimum atomic E-state index is -1.87. The van der Waals surface area contributed by atoms with Crippen LogP contribution in [0.5, 0.6) is 0 Å². The van der Waals surface area contributed by atoms with Crippen molar-refractivity contribution < 1.29 is 20.8 Å². The van der Waals surface area contributed by atoms with E-state index >= 15 is 0 Å². The van der Waals surface area contributed by atoms with Crippen LogP contribution in [0.2, 0.25) is 49.3 Å². The highest BCUT2D eigenvalue weighted by atomic mass is 79.9. The van der Waals surface area contributed by atoms with Crippen LogP contribution >= 0.6 is 39.1 Å². The van der Waals surface area contributed by atoms with E-state index in [1.165, 1.54) is 91.2 Å². The van der Waals surface area contributed by atoms with Gasteiger partial charge in [0.2, 0.25) is 0 Å². The second kappa shape index (κ2) is 23.5. The molecule has 0 bridgehead atoms. The minimum Gasteiger partial charge on any atom is -0.423 e. The first-order valence-electron chi connectivity index (χ1n) is 26.7. The highest BCUT2D eigenvalue weighted by Crippen LogP contribution is 2.41. The van der Waals surface area contributed by atoms with E-state index < -0.39 is 31.3 Å². The van der Waals surface area contributed by atoms with Gasteiger partial charge < -0.3 is 19.4 Å². The van der Waals surface area contributed by atoms with Crippen molar-refractivity contribution in [2.45, 2.75) is 85.6 Å². The molecule has 2 N–H and O–H groups in total. The van der Waals surface area contributed by atoms with Crippen molar-refractivity contribution in [1.82, 2.24) is 0 Å². The van der Waals surface area contributed by atoms with Gasteiger partial charge in [0.1, 0.15) is 24.2 Å². The molecule has 405 valence electrons. The zero-order valence-corrected chi connectivity index (χ0v) is 52.7. The second-order valence-electron chi connectivity index (χ2n) is 23.2. The zero-order chi connectivity index (χ0) is 55.5. The molecule has 0 aromatic heterocycles. The maximum absolute atomic E-state index is 8.58. The van der Waals surface area contributed by atoms with Gasteiger partial charge in [0, 0.05) is 35.5 Å². The highest BCUT2D eigenvalue weighted by Gasteiger charge is 2.54. The van der Waals surface area contributed by atoms with E-state index in [4.69, 9.17) is 42.6 Å². The maximum atomic E-state index is 8.58. The molecule has 80 heavy (non-hydrogen) atoms. The van der Waals surface area contributed by atoms with Crippen LogP contribution in [-0.4, -0.2) is 68.1 Å². The van der Waals surface area contributed by atoms with Crippen LogP contribution < -0.4 is 42.0 Å². The van der Waals surface area contributed by atoms with Crippen LogP contribution in [0.15, 0.2) is 205 Å². The molecule has 4 aliphatic heterocycles. The van der Waals surface area contributed by atoms with Crippen molar-refractivity contribution in [1.29, 1.82) is 0 Å². The lowest BCUT2D eigenvalue weighted by atomic mass is 9.73. The van der Waals surface area contributed by atoms with E-state index in [9.17, 15) is 0 Å². The van der Waals surface area contributed by atoms with E-state index in [0.29, 0.717) is 5.46 Å². The molecule has 4 aliphatic rings. The van der Waals surface area contributed by atoms with Gasteiger partial charge in [0.05, 0.1) is 11.2 Å². The number of hydrogen-bond acceptors (Lipinski definition) is 4. The van der Waals surface area contributed by atoms with Gasteiger partial charge in [-0.15, -0.1) is 0 Å². The van der Waals surface area contributed by atoms with Crippen molar-refractivity contribution in [3.8, 4) is 55.6 Å². The fraction of sp³-hybridized carbons (Fsp3) is 0.194. The molecule has 13 rings (SSSR count). The largest absolute Gasteiger partial charge is 0.495 e. The molecule has 4 nitrogen and oxygen atoms in total. The molecule has 0 unspecified atom stereocenters. The average Bonchev–Trinajstić information content (AvgIpc) is 4.09. The van der Waals surface area contributed by atoms with Crippen molar-refractivity contribution >= 4 is 128 Å². The number of hydrogen-bond donors (Lipinski definition) is 2. The summed E-state index contributed by atoms with van der Waals surface area (Å²) in [6.07, 6.45) is 0. The molecule has 0 aliphatic carbocycles. The van der Waals surface area contributed by atoms with Gasteiger partial charge in [0.25, 0.3) is 0 Å². The summed E-state index contributed by atoms with van der Waals surface area (Å²) in [5.41, 5.74) is 14.1. The maximum Gasteiger partial charge on any atom is 0.495 e. The Bertz CT molecular complexity index is 3700. The first-order chi connectivity index (χ1) is 37.1. The van der Waals surface area contributed by atoms with E-state index in [1.807, 2.05) is 12.1 Å². The predicted octanol–water partition coefficient (Wildman–Crippen LogP) is 13.0. The Morgan fingerprint density at radius 1 is 0.438 bits per heavy atom. The molecule has 0 amide bonds. The van der Waals surface area contributed by atoms with Gasteiger partial charge in [0.15, 0.2) is 0 Å². The molecule has 4 heterocycles. The third-order valence-electron chi connectivity index (χ3n) is 16.8. The summed E-state index contributed by atoms with van der Waals surface area (Å²) in [4.78, 5) is 0. The number of halogens is 3. The third kappa shape index (κ3) is 10.8. The standard InChI is InChI=1S/C26H29BO2Si.C20H17ClSi.C14H12BrClSi.C6H7BO2.CH4.B.H2/c1-25(2)26(3,4)29-27(28-25)21-17-16-19(18-12-8-7-9-13-18)24-23(21)20-14-10-11-15-22(20)30(24,5)6;1-22(2)18-11-7-6-10-16(18)19-17(21)13-12-15(20(19)22)14-8-4-3-5-9-14;1-17(2)12-6-4-3-5-9(12)13-11(16)8-7-10(15)14(13)17;8-7(9)6-4-2-1-3-5-6;;;/h7-17H,1-6H3;3-13H,1-2H3;3-8H,1-2H3;1-5,8-9H;1H4;;1H/i;;;;;;1+1. The minimum absolute atomic E-state index is 0. The zero-order valence-electron chi connectivity index (χ0n) is 46.6. The summed E-state index contributed by atoms with van der Waals surface area (Å²) in [6.45, 7) is 23.1. The summed E-state index contributed by atoms with van der Waals surface area (Å²) >= 11 is 16.7. The Labute approximate surface area is 501 Å². The molecule has 1 fully saturated rings. The Balaban J connectivity index is 0.000000164. The van der Waals surface area contributed by atoms with Crippen LogP contribution in [-0.2, 0) is 9.31 Å². The molecular formula is C67H71B3BrCl2O4Si3. The fourth-order valence-corrected chi connectivity index (χ4v) is 24.8. The number of fused-ring (bicyclic) bond motifs is 9. The van der Waals surface area contributed by atoms with Gasteiger partial charge in [-0.3, -0.25) is 0 Å². The van der Waals surface area contributed by atoms with Gasteiger partial charge in [-0.05, 0) is 132 Å². The first kappa shape index (κ1) is 60.8. The normalized spacial score (nSPS) is 15.9. The third-order valence-corrected chi connectivity index (χ3v) is 29.1. The molecule has 1 saturated heterocycles. The molecule has 0 atom stereocenters.